The van der Waals surface area contributed by atoms with Crippen LogP contribution in [0.4, 0.5) is 0 Å². The number of rotatable bonds is 19. The van der Waals surface area contributed by atoms with E-state index in [0.717, 1.165) is 11.1 Å². The van der Waals surface area contributed by atoms with Gasteiger partial charge in [-0.25, -0.2) is 0 Å². The van der Waals surface area contributed by atoms with E-state index in [-0.39, 0.29) is 58.2 Å². The van der Waals surface area contributed by atoms with Gasteiger partial charge < -0.3 is 53.0 Å². The number of carbonyl (C=O) groups excluding carboxylic acids is 7. The summed E-state index contributed by atoms with van der Waals surface area (Å²) in [7, 11) is 0. The van der Waals surface area contributed by atoms with Gasteiger partial charge in [0.15, 0.2) is 0 Å². The van der Waals surface area contributed by atoms with Crippen LogP contribution in [0, 0.1) is 5.92 Å². The summed E-state index contributed by atoms with van der Waals surface area (Å²) in [6, 6.07) is 36.5. The Kier molecular flexibility index (Phi) is 20.5. The second-order valence-electron chi connectivity index (χ2n) is 19.1. The molecule has 17 heteroatoms. The summed E-state index contributed by atoms with van der Waals surface area (Å²) in [4.78, 5) is 105. The molecule has 2 heterocycles. The lowest BCUT2D eigenvalue weighted by atomic mass is 9.96. The van der Waals surface area contributed by atoms with Crippen LogP contribution in [-0.4, -0.2) is 109 Å². The highest BCUT2D eigenvalue weighted by molar-refractivity contribution is 6.00. The van der Waals surface area contributed by atoms with Crippen molar-refractivity contribution in [3.05, 3.63) is 173 Å². The number of aryl methyl sites for hydroxylation is 1. The summed E-state index contributed by atoms with van der Waals surface area (Å²) in [5.74, 6) is -5.14. The van der Waals surface area contributed by atoms with Crippen LogP contribution < -0.4 is 48.1 Å². The van der Waals surface area contributed by atoms with Gasteiger partial charge in [0, 0.05) is 38.9 Å². The molecule has 2 fully saturated rings. The van der Waals surface area contributed by atoms with Gasteiger partial charge in [-0.1, -0.05) is 133 Å². The lowest BCUT2D eigenvalue weighted by Gasteiger charge is -2.33. The van der Waals surface area contributed by atoms with Crippen molar-refractivity contribution >= 4 is 41.4 Å². The molecule has 5 aromatic rings. The van der Waals surface area contributed by atoms with Gasteiger partial charge in [-0.05, 0) is 85.0 Å². The second kappa shape index (κ2) is 28.0. The topological polar surface area (TPSA) is 256 Å². The number of unbranched alkanes of at least 4 members (excludes halogenated alkanes) is 1. The first-order chi connectivity index (χ1) is 36.5. The van der Waals surface area contributed by atoms with Gasteiger partial charge in [0.2, 0.25) is 41.4 Å². The number of nitrogens with one attached hydrogen (secondary N) is 6. The molecule has 7 rings (SSSR count). The maximum atomic E-state index is 15.3. The molecule has 0 bridgehead atoms. The van der Waals surface area contributed by atoms with Crippen molar-refractivity contribution in [3.8, 4) is 5.75 Å². The molecule has 0 radical (unpaired) electrons. The smallest absolute Gasteiger partial charge is 0.246 e. The first-order valence-electron chi connectivity index (χ1n) is 25.9. The molecular weight excluding hydrogens is 951 g/mol. The molecule has 2 aliphatic heterocycles. The van der Waals surface area contributed by atoms with Crippen molar-refractivity contribution in [1.82, 2.24) is 36.8 Å². The summed E-state index contributed by atoms with van der Waals surface area (Å²) < 4.78 is 6.03. The van der Waals surface area contributed by atoms with Gasteiger partial charge in [0.25, 0.3) is 0 Å². The number of benzene rings is 5. The second-order valence-corrected chi connectivity index (χ2v) is 19.1. The Hall–Kier alpha value is -7.89. The maximum Gasteiger partial charge on any atom is 0.246 e. The fraction of sp³-hybridized carbons (Fsp3) is 0.362. The molecule has 5 aromatic carbocycles. The van der Waals surface area contributed by atoms with E-state index in [4.69, 9.17) is 16.2 Å². The van der Waals surface area contributed by atoms with E-state index >= 15 is 14.4 Å². The summed E-state index contributed by atoms with van der Waals surface area (Å²) in [5, 5.41) is 17.3. The molecule has 17 nitrogen and oxygen atoms in total. The van der Waals surface area contributed by atoms with Gasteiger partial charge in [-0.15, -0.1) is 0 Å². The lowest BCUT2D eigenvalue weighted by molar-refractivity contribution is -0.145. The number of ether oxygens (including phenoxy) is 1. The molecule has 2 unspecified atom stereocenters. The molecule has 0 aromatic heterocycles. The quantitative estimate of drug-likeness (QED) is 0.0562. The summed E-state index contributed by atoms with van der Waals surface area (Å²) in [6.07, 6.45) is 1.60. The molecule has 7 amide bonds. The molecule has 75 heavy (non-hydrogen) atoms. The predicted octanol–water partition coefficient (Wildman–Crippen LogP) is 2.78. The molecule has 0 aliphatic carbocycles. The standard InChI is InChI=1S/C58H69N9O8/c59-31-14-13-23-46-53(69)64-48(36-42-24-27-44(28-25-42)75-38-43-21-11-4-12-22-43)56(72)66-50(37-41-19-9-3-10-20-41)58(74)67-34-30-45(52(68)61-33-32-60)51(67)57(73)65-49(35-40-17-7-2-8-18-40)55(71)63-47(54(70)62-46)29-26-39-15-5-1-6-16-39/h1-12,15-22,24-25,27-28,45-51H,13-14,23,26,29-38,59-60H2,(H,61,68)(H,62,70)(H,63,71)(H,64,69)(H,65,73)(H,66,72)/t45?,46-,47-,48-,49?,50-,51-/m0/s1. The third kappa shape index (κ3) is 16.1. The molecule has 394 valence electrons. The zero-order chi connectivity index (χ0) is 52.9. The van der Waals surface area contributed by atoms with Crippen molar-refractivity contribution in [2.75, 3.05) is 26.2 Å². The van der Waals surface area contributed by atoms with Crippen molar-refractivity contribution in [1.29, 1.82) is 0 Å². The van der Waals surface area contributed by atoms with E-state index in [2.05, 4.69) is 31.9 Å². The Morgan fingerprint density at radius 1 is 0.507 bits per heavy atom. The maximum absolute atomic E-state index is 15.3. The summed E-state index contributed by atoms with van der Waals surface area (Å²) in [6.45, 7) is 0.856. The largest absolute Gasteiger partial charge is 0.489 e. The van der Waals surface area contributed by atoms with E-state index in [1.807, 2.05) is 72.8 Å². The third-order valence-corrected chi connectivity index (χ3v) is 13.6. The van der Waals surface area contributed by atoms with Crippen LogP contribution in [0.15, 0.2) is 146 Å². The van der Waals surface area contributed by atoms with E-state index in [1.165, 1.54) is 4.90 Å². The van der Waals surface area contributed by atoms with E-state index in [9.17, 15) is 19.2 Å². The minimum Gasteiger partial charge on any atom is -0.489 e. The Balaban J connectivity index is 1.29. The van der Waals surface area contributed by atoms with Gasteiger partial charge >= 0.3 is 0 Å². The Morgan fingerprint density at radius 2 is 0.960 bits per heavy atom. The van der Waals surface area contributed by atoms with Crippen molar-refractivity contribution in [2.45, 2.75) is 101 Å². The first-order valence-corrected chi connectivity index (χ1v) is 25.9. The highest BCUT2D eigenvalue weighted by Gasteiger charge is 2.48. The van der Waals surface area contributed by atoms with E-state index < -0.39 is 83.5 Å². The summed E-state index contributed by atoms with van der Waals surface area (Å²) in [5.41, 5.74) is 15.6. The molecular formula is C58H69N9O8. The Bertz CT molecular complexity index is 2660. The van der Waals surface area contributed by atoms with E-state index in [1.54, 1.807) is 72.8 Å². The monoisotopic (exact) mass is 1020 g/mol. The Labute approximate surface area is 438 Å². The highest BCUT2D eigenvalue weighted by atomic mass is 16.5. The molecule has 7 atom stereocenters. The summed E-state index contributed by atoms with van der Waals surface area (Å²) >= 11 is 0. The zero-order valence-corrected chi connectivity index (χ0v) is 42.2. The highest BCUT2D eigenvalue weighted by Crippen LogP contribution is 2.27. The van der Waals surface area contributed by atoms with Gasteiger partial charge in [0.05, 0.1) is 5.92 Å². The first kappa shape index (κ1) is 54.9. The number of nitrogens with two attached hydrogens (primary N) is 2. The predicted molar refractivity (Wildman–Crippen MR) is 284 cm³/mol. The van der Waals surface area contributed by atoms with Crippen molar-refractivity contribution < 1.29 is 38.3 Å². The average Bonchev–Trinajstić information content (AvgIpc) is 3.89. The van der Waals surface area contributed by atoms with Gasteiger partial charge in [-0.3, -0.25) is 33.6 Å². The van der Waals surface area contributed by atoms with E-state index in [0.29, 0.717) is 54.9 Å². The number of fused-ring (bicyclic) bond motifs is 1. The average molecular weight is 1020 g/mol. The number of hydrogen-bond donors (Lipinski definition) is 8. The Morgan fingerprint density at radius 3 is 1.51 bits per heavy atom. The molecule has 2 aliphatic rings. The minimum absolute atomic E-state index is 0.0161. The van der Waals surface area contributed by atoms with Crippen LogP contribution >= 0.6 is 0 Å². The van der Waals surface area contributed by atoms with Crippen molar-refractivity contribution in [2.24, 2.45) is 17.4 Å². The third-order valence-electron chi connectivity index (χ3n) is 13.6. The van der Waals surface area contributed by atoms with Crippen molar-refractivity contribution in [3.63, 3.8) is 0 Å². The van der Waals surface area contributed by atoms with Crippen LogP contribution in [0.5, 0.6) is 5.75 Å². The van der Waals surface area contributed by atoms with Gasteiger partial charge in [0.1, 0.15) is 48.6 Å². The number of nitrogens with zero attached hydrogens (tertiary/aromatic N) is 1. The minimum atomic E-state index is -1.43. The molecule has 10 N–H and O–H groups in total. The molecule has 0 saturated carbocycles. The van der Waals surface area contributed by atoms with Crippen LogP contribution in [0.2, 0.25) is 0 Å². The number of amides is 7. The number of carbonyl (C=O) groups is 7. The van der Waals surface area contributed by atoms with Crippen LogP contribution in [0.3, 0.4) is 0 Å². The fourth-order valence-electron chi connectivity index (χ4n) is 9.51. The normalized spacial score (nSPS) is 21.8. The zero-order valence-electron chi connectivity index (χ0n) is 42.2. The van der Waals surface area contributed by atoms with Gasteiger partial charge in [-0.2, -0.15) is 0 Å². The molecule has 2 saturated heterocycles. The number of hydrogen-bond acceptors (Lipinski definition) is 10. The van der Waals surface area contributed by atoms with Crippen LogP contribution in [0.1, 0.15) is 59.9 Å². The van der Waals surface area contributed by atoms with Crippen LogP contribution in [0.25, 0.3) is 0 Å². The molecule has 0 spiro atoms. The SMILES string of the molecule is NCCCC[C@@H]1NC(=O)[C@H](CCc2ccccc2)NC(=O)C(Cc2ccccc2)NC(=O)[C@@H]2C(C(=O)NCCN)CCN2C(=O)[C@H](Cc2ccccc2)NC(=O)[C@H](Cc2ccc(OCc3ccccc3)cc2)NC1=O. The van der Waals surface area contributed by atoms with Crippen LogP contribution in [-0.2, 0) is 65.9 Å². The lowest BCUT2D eigenvalue weighted by Crippen LogP contribution is -2.63. The fourth-order valence-corrected chi connectivity index (χ4v) is 9.51.